The molecule has 0 atom stereocenters. The Balaban J connectivity index is 2.09. The van der Waals surface area contributed by atoms with Crippen molar-refractivity contribution in [3.8, 4) is 17.4 Å². The normalized spacial score (nSPS) is 10.7. The van der Waals surface area contributed by atoms with Gasteiger partial charge in [-0.15, -0.1) is 0 Å². The number of carbonyl (C=O) groups excluding carboxylic acids is 1. The molecule has 0 spiro atoms. The smallest absolute Gasteiger partial charge is 0.215 e. The van der Waals surface area contributed by atoms with E-state index in [1.807, 2.05) is 6.92 Å². The van der Waals surface area contributed by atoms with Gasteiger partial charge in [-0.2, -0.15) is 5.10 Å². The number of H-pyrrole nitrogens is 1. The Bertz CT molecular complexity index is 892. The van der Waals surface area contributed by atoms with Crippen LogP contribution >= 0.6 is 0 Å². The highest BCUT2D eigenvalue weighted by Crippen LogP contribution is 2.31. The first-order chi connectivity index (χ1) is 11.6. The van der Waals surface area contributed by atoms with Crippen molar-refractivity contribution in [2.24, 2.45) is 0 Å². The van der Waals surface area contributed by atoms with Gasteiger partial charge in [-0.1, -0.05) is 0 Å². The molecule has 0 aliphatic heterocycles. The van der Waals surface area contributed by atoms with E-state index in [4.69, 9.17) is 14.2 Å². The number of hydrogen-bond acceptors (Lipinski definition) is 6. The summed E-state index contributed by atoms with van der Waals surface area (Å²) in [5, 5.41) is 7.58. The van der Waals surface area contributed by atoms with Gasteiger partial charge in [0, 0.05) is 28.8 Å². The monoisotopic (exact) mass is 327 g/mol. The van der Waals surface area contributed by atoms with Crippen molar-refractivity contribution in [3.05, 3.63) is 41.2 Å². The molecule has 1 N–H and O–H groups in total. The van der Waals surface area contributed by atoms with Crippen LogP contribution in [0.5, 0.6) is 17.4 Å². The number of rotatable bonds is 5. The Morgan fingerprint density at radius 3 is 2.29 bits per heavy atom. The molecule has 7 nitrogen and oxygen atoms in total. The van der Waals surface area contributed by atoms with Gasteiger partial charge in [0.15, 0.2) is 0 Å². The van der Waals surface area contributed by atoms with E-state index in [2.05, 4.69) is 15.2 Å². The standard InChI is InChI=1S/C17H17N3O4/c1-9-13(22-2)5-10(6-14(9)23-3)17(21)16-11-8-18-15(24-4)7-12(11)19-20-16/h5-8H,1-4H3,(H,19,20). The minimum absolute atomic E-state index is 0.246. The number of hydrogen-bond donors (Lipinski definition) is 1. The zero-order chi connectivity index (χ0) is 17.3. The second-order valence-electron chi connectivity index (χ2n) is 5.18. The average molecular weight is 327 g/mol. The molecule has 0 unspecified atom stereocenters. The van der Waals surface area contributed by atoms with Gasteiger partial charge in [-0.3, -0.25) is 9.89 Å². The Labute approximate surface area is 138 Å². The number of ketones is 1. The zero-order valence-electron chi connectivity index (χ0n) is 13.8. The molecule has 3 aromatic rings. The molecule has 7 heteroatoms. The number of pyridine rings is 1. The van der Waals surface area contributed by atoms with Crippen LogP contribution in [0.15, 0.2) is 24.4 Å². The fourth-order valence-corrected chi connectivity index (χ4v) is 2.53. The predicted octanol–water partition coefficient (Wildman–Crippen LogP) is 2.52. The van der Waals surface area contributed by atoms with E-state index in [9.17, 15) is 4.79 Å². The SMILES string of the molecule is COc1cc2[nH]nc(C(=O)c3cc(OC)c(C)c(OC)c3)c2cn1. The molecule has 0 radical (unpaired) electrons. The Morgan fingerprint density at radius 1 is 1.04 bits per heavy atom. The van der Waals surface area contributed by atoms with E-state index < -0.39 is 0 Å². The lowest BCUT2D eigenvalue weighted by atomic mass is 10.0. The molecule has 24 heavy (non-hydrogen) atoms. The van der Waals surface area contributed by atoms with Crippen molar-refractivity contribution in [3.63, 3.8) is 0 Å². The third kappa shape index (κ3) is 2.54. The quantitative estimate of drug-likeness (QED) is 0.725. The maximum absolute atomic E-state index is 12.9. The van der Waals surface area contributed by atoms with E-state index >= 15 is 0 Å². The van der Waals surface area contributed by atoms with Crippen LogP contribution in [-0.2, 0) is 0 Å². The maximum Gasteiger partial charge on any atom is 0.215 e. The highest BCUT2D eigenvalue weighted by Gasteiger charge is 2.20. The summed E-state index contributed by atoms with van der Waals surface area (Å²) >= 11 is 0. The number of benzene rings is 1. The molecule has 124 valence electrons. The lowest BCUT2D eigenvalue weighted by Gasteiger charge is -2.11. The lowest BCUT2D eigenvalue weighted by molar-refractivity contribution is 0.103. The summed E-state index contributed by atoms with van der Waals surface area (Å²) < 4.78 is 15.7. The molecular weight excluding hydrogens is 310 g/mol. The Hall–Kier alpha value is -3.09. The van der Waals surface area contributed by atoms with Gasteiger partial charge in [0.25, 0.3) is 0 Å². The molecule has 0 bridgehead atoms. The van der Waals surface area contributed by atoms with Crippen molar-refractivity contribution in [2.45, 2.75) is 6.92 Å². The molecule has 0 fully saturated rings. The second-order valence-corrected chi connectivity index (χ2v) is 5.18. The number of carbonyl (C=O) groups is 1. The van der Waals surface area contributed by atoms with Crippen LogP contribution in [0.4, 0.5) is 0 Å². The molecule has 0 saturated carbocycles. The highest BCUT2D eigenvalue weighted by atomic mass is 16.5. The van der Waals surface area contributed by atoms with E-state index in [0.29, 0.717) is 33.8 Å². The van der Waals surface area contributed by atoms with Gasteiger partial charge < -0.3 is 14.2 Å². The van der Waals surface area contributed by atoms with Crippen molar-refractivity contribution in [1.29, 1.82) is 0 Å². The van der Waals surface area contributed by atoms with E-state index in [1.165, 1.54) is 7.11 Å². The third-order valence-electron chi connectivity index (χ3n) is 3.86. The summed E-state index contributed by atoms with van der Waals surface area (Å²) in [6, 6.07) is 5.05. The van der Waals surface area contributed by atoms with Gasteiger partial charge in [0.2, 0.25) is 11.7 Å². The van der Waals surface area contributed by atoms with Crippen LogP contribution in [0.1, 0.15) is 21.6 Å². The number of nitrogens with one attached hydrogen (secondary N) is 1. The summed E-state index contributed by atoms with van der Waals surface area (Å²) in [7, 11) is 4.63. The molecule has 0 saturated heterocycles. The second kappa shape index (κ2) is 6.19. The first-order valence-corrected chi connectivity index (χ1v) is 7.24. The van der Waals surface area contributed by atoms with Gasteiger partial charge in [-0.25, -0.2) is 4.98 Å². The number of aromatic nitrogens is 3. The third-order valence-corrected chi connectivity index (χ3v) is 3.86. The topological polar surface area (TPSA) is 86.3 Å². The molecule has 1 aromatic carbocycles. The van der Waals surface area contributed by atoms with Crippen LogP contribution in [-0.4, -0.2) is 42.3 Å². The molecule has 0 aliphatic rings. The maximum atomic E-state index is 12.9. The van der Waals surface area contributed by atoms with Crippen LogP contribution in [0.2, 0.25) is 0 Å². The van der Waals surface area contributed by atoms with E-state index in [1.54, 1.807) is 38.6 Å². The van der Waals surface area contributed by atoms with Crippen LogP contribution < -0.4 is 14.2 Å². The van der Waals surface area contributed by atoms with E-state index in [-0.39, 0.29) is 11.5 Å². The number of aromatic amines is 1. The zero-order valence-corrected chi connectivity index (χ0v) is 13.8. The van der Waals surface area contributed by atoms with Gasteiger partial charge in [0.1, 0.15) is 17.2 Å². The van der Waals surface area contributed by atoms with E-state index in [0.717, 1.165) is 5.56 Å². The first kappa shape index (κ1) is 15.8. The number of ether oxygens (including phenoxy) is 3. The largest absolute Gasteiger partial charge is 0.496 e. The van der Waals surface area contributed by atoms with Crippen molar-refractivity contribution in [2.75, 3.05) is 21.3 Å². The minimum atomic E-state index is -0.246. The summed E-state index contributed by atoms with van der Waals surface area (Å²) in [6.07, 6.45) is 1.56. The molecule has 2 heterocycles. The summed E-state index contributed by atoms with van der Waals surface area (Å²) in [4.78, 5) is 17.0. The van der Waals surface area contributed by atoms with Crippen LogP contribution in [0, 0.1) is 6.92 Å². The molecule has 3 rings (SSSR count). The molecular formula is C17H17N3O4. The van der Waals surface area contributed by atoms with Crippen LogP contribution in [0.25, 0.3) is 10.9 Å². The fourth-order valence-electron chi connectivity index (χ4n) is 2.53. The van der Waals surface area contributed by atoms with Crippen molar-refractivity contribution < 1.29 is 19.0 Å². The summed E-state index contributed by atoms with van der Waals surface area (Å²) in [5.41, 5.74) is 2.22. The fraction of sp³-hybridized carbons (Fsp3) is 0.235. The highest BCUT2D eigenvalue weighted by molar-refractivity contribution is 6.15. The Morgan fingerprint density at radius 2 is 1.71 bits per heavy atom. The number of fused-ring (bicyclic) bond motifs is 1. The molecule has 0 aliphatic carbocycles. The number of methoxy groups -OCH3 is 3. The van der Waals surface area contributed by atoms with Crippen molar-refractivity contribution in [1.82, 2.24) is 15.2 Å². The van der Waals surface area contributed by atoms with Crippen molar-refractivity contribution >= 4 is 16.7 Å². The van der Waals surface area contributed by atoms with Gasteiger partial charge in [-0.05, 0) is 19.1 Å². The molecule has 2 aromatic heterocycles. The minimum Gasteiger partial charge on any atom is -0.496 e. The summed E-state index contributed by atoms with van der Waals surface area (Å²) in [5.74, 6) is 1.36. The predicted molar refractivity (Wildman–Crippen MR) is 88.2 cm³/mol. The number of nitrogens with zero attached hydrogens (tertiary/aromatic N) is 2. The summed E-state index contributed by atoms with van der Waals surface area (Å²) in [6.45, 7) is 1.87. The average Bonchev–Trinajstić information content (AvgIpc) is 3.04. The Kier molecular flexibility index (Phi) is 4.07. The molecule has 0 amide bonds. The van der Waals surface area contributed by atoms with Gasteiger partial charge >= 0.3 is 0 Å². The van der Waals surface area contributed by atoms with Gasteiger partial charge in [0.05, 0.1) is 26.8 Å². The first-order valence-electron chi connectivity index (χ1n) is 7.24. The lowest BCUT2D eigenvalue weighted by Crippen LogP contribution is -2.05. The van der Waals surface area contributed by atoms with Crippen LogP contribution in [0.3, 0.4) is 0 Å².